The van der Waals surface area contributed by atoms with Crippen LogP contribution >= 0.6 is 0 Å². The standard InChI is InChI=1S/C19H18O4/c1-4-22-15-9-12(2)18-16(11-15)23-17(19(18)20)10-13-5-7-14(21-3)8-6-13/h5-11H,4H2,1-3H3/b17-10-. The number of methoxy groups -OCH3 is 1. The van der Waals surface area contributed by atoms with E-state index in [2.05, 4.69) is 0 Å². The average molecular weight is 310 g/mol. The third-order valence-electron chi connectivity index (χ3n) is 3.67. The van der Waals surface area contributed by atoms with Gasteiger partial charge in [0.05, 0.1) is 19.3 Å². The van der Waals surface area contributed by atoms with E-state index >= 15 is 0 Å². The number of Topliss-reactive ketones (excluding diaryl/α,β-unsaturated/α-hetero) is 1. The van der Waals surface area contributed by atoms with Crippen LogP contribution in [0.5, 0.6) is 17.2 Å². The van der Waals surface area contributed by atoms with E-state index in [1.54, 1.807) is 19.3 Å². The highest BCUT2D eigenvalue weighted by molar-refractivity contribution is 6.15. The molecule has 0 saturated carbocycles. The first-order valence-electron chi connectivity index (χ1n) is 7.48. The molecule has 1 aliphatic rings. The van der Waals surface area contributed by atoms with Gasteiger partial charge in [0.25, 0.3) is 0 Å². The normalized spacial score (nSPS) is 14.6. The van der Waals surface area contributed by atoms with Gasteiger partial charge in [0.15, 0.2) is 5.76 Å². The fraction of sp³-hybridized carbons (Fsp3) is 0.211. The van der Waals surface area contributed by atoms with Gasteiger partial charge in [0.2, 0.25) is 5.78 Å². The van der Waals surface area contributed by atoms with E-state index in [4.69, 9.17) is 14.2 Å². The summed E-state index contributed by atoms with van der Waals surface area (Å²) < 4.78 is 16.4. The Morgan fingerprint density at radius 3 is 2.52 bits per heavy atom. The van der Waals surface area contributed by atoms with Crippen LogP contribution in [-0.4, -0.2) is 19.5 Å². The molecule has 4 nitrogen and oxygen atoms in total. The second-order valence-electron chi connectivity index (χ2n) is 5.26. The van der Waals surface area contributed by atoms with Gasteiger partial charge in [-0.3, -0.25) is 4.79 Å². The summed E-state index contributed by atoms with van der Waals surface area (Å²) in [5, 5.41) is 0. The van der Waals surface area contributed by atoms with E-state index in [9.17, 15) is 4.79 Å². The Morgan fingerprint density at radius 2 is 1.87 bits per heavy atom. The van der Waals surface area contributed by atoms with Gasteiger partial charge in [-0.1, -0.05) is 12.1 Å². The lowest BCUT2D eigenvalue weighted by Crippen LogP contribution is -1.99. The highest BCUT2D eigenvalue weighted by Crippen LogP contribution is 2.37. The molecule has 0 amide bonds. The molecule has 1 aliphatic heterocycles. The van der Waals surface area contributed by atoms with E-state index in [0.717, 1.165) is 16.9 Å². The van der Waals surface area contributed by atoms with Gasteiger partial charge in [-0.15, -0.1) is 0 Å². The zero-order valence-corrected chi connectivity index (χ0v) is 13.4. The minimum Gasteiger partial charge on any atom is -0.497 e. The molecule has 23 heavy (non-hydrogen) atoms. The lowest BCUT2D eigenvalue weighted by atomic mass is 10.0. The molecule has 0 fully saturated rings. The van der Waals surface area contributed by atoms with Crippen LogP contribution in [0.25, 0.3) is 6.08 Å². The largest absolute Gasteiger partial charge is 0.497 e. The first-order chi connectivity index (χ1) is 11.1. The zero-order valence-electron chi connectivity index (χ0n) is 13.4. The molecule has 118 valence electrons. The molecule has 0 N–H and O–H groups in total. The van der Waals surface area contributed by atoms with Crippen molar-refractivity contribution in [3.8, 4) is 17.2 Å². The second-order valence-corrected chi connectivity index (χ2v) is 5.26. The molecule has 2 aromatic rings. The Kier molecular flexibility index (Phi) is 4.06. The summed E-state index contributed by atoms with van der Waals surface area (Å²) in [6, 6.07) is 11.1. The fourth-order valence-electron chi connectivity index (χ4n) is 2.58. The molecule has 0 radical (unpaired) electrons. The minimum absolute atomic E-state index is 0.101. The summed E-state index contributed by atoms with van der Waals surface area (Å²) in [6.45, 7) is 4.38. The molecule has 0 aliphatic carbocycles. The van der Waals surface area contributed by atoms with Gasteiger partial charge in [-0.2, -0.15) is 0 Å². The molecule has 3 rings (SSSR count). The number of hydrogen-bond donors (Lipinski definition) is 0. The number of rotatable bonds is 4. The molecular weight excluding hydrogens is 292 g/mol. The Bertz CT molecular complexity index is 773. The van der Waals surface area contributed by atoms with Gasteiger partial charge < -0.3 is 14.2 Å². The Labute approximate surface area is 135 Å². The van der Waals surface area contributed by atoms with E-state index < -0.39 is 0 Å². The molecule has 0 saturated heterocycles. The molecule has 0 bridgehead atoms. The van der Waals surface area contributed by atoms with Gasteiger partial charge in [-0.05, 0) is 49.2 Å². The lowest BCUT2D eigenvalue weighted by molar-refractivity contribution is 0.101. The topological polar surface area (TPSA) is 44.8 Å². The minimum atomic E-state index is -0.101. The molecule has 0 atom stereocenters. The molecule has 1 heterocycles. The summed E-state index contributed by atoms with van der Waals surface area (Å²) in [4.78, 5) is 12.6. The SMILES string of the molecule is CCOc1cc(C)c2c(c1)O/C(=C\c1ccc(OC)cc1)C2=O. The fourth-order valence-corrected chi connectivity index (χ4v) is 2.58. The number of fused-ring (bicyclic) bond motifs is 1. The van der Waals surface area contributed by atoms with Gasteiger partial charge in [-0.25, -0.2) is 0 Å². The zero-order chi connectivity index (χ0) is 16.4. The van der Waals surface area contributed by atoms with Crippen molar-refractivity contribution in [1.29, 1.82) is 0 Å². The average Bonchev–Trinajstić information content (AvgIpc) is 2.85. The van der Waals surface area contributed by atoms with Gasteiger partial charge >= 0.3 is 0 Å². The number of carbonyl (C=O) groups is 1. The van der Waals surface area contributed by atoms with Crippen LogP contribution in [0.3, 0.4) is 0 Å². The summed E-state index contributed by atoms with van der Waals surface area (Å²) in [5.74, 6) is 2.25. The number of allylic oxidation sites excluding steroid dienone is 1. The maximum Gasteiger partial charge on any atom is 0.232 e. The molecule has 0 unspecified atom stereocenters. The number of benzene rings is 2. The quantitative estimate of drug-likeness (QED) is 0.800. The van der Waals surface area contributed by atoms with Gasteiger partial charge in [0, 0.05) is 6.07 Å². The van der Waals surface area contributed by atoms with Crippen LogP contribution in [0, 0.1) is 6.92 Å². The van der Waals surface area contributed by atoms with Crippen LogP contribution in [0.2, 0.25) is 0 Å². The van der Waals surface area contributed by atoms with Crippen molar-refractivity contribution in [2.24, 2.45) is 0 Å². The number of hydrogen-bond acceptors (Lipinski definition) is 4. The third kappa shape index (κ3) is 2.93. The Hall–Kier alpha value is -2.75. The lowest BCUT2D eigenvalue weighted by Gasteiger charge is -2.06. The predicted octanol–water partition coefficient (Wildman–Crippen LogP) is 4.02. The monoisotopic (exact) mass is 310 g/mol. The van der Waals surface area contributed by atoms with Crippen molar-refractivity contribution in [3.05, 3.63) is 58.8 Å². The van der Waals surface area contributed by atoms with Crippen molar-refractivity contribution < 1.29 is 19.0 Å². The molecule has 0 spiro atoms. The van der Waals surface area contributed by atoms with Gasteiger partial charge in [0.1, 0.15) is 17.2 Å². The highest BCUT2D eigenvalue weighted by atomic mass is 16.5. The van der Waals surface area contributed by atoms with Crippen LogP contribution in [0.1, 0.15) is 28.4 Å². The highest BCUT2D eigenvalue weighted by Gasteiger charge is 2.29. The summed E-state index contributed by atoms with van der Waals surface area (Å²) in [5.41, 5.74) is 2.34. The van der Waals surface area contributed by atoms with E-state index in [1.165, 1.54) is 0 Å². The third-order valence-corrected chi connectivity index (χ3v) is 3.67. The van der Waals surface area contributed by atoms with Crippen LogP contribution in [0.4, 0.5) is 0 Å². The van der Waals surface area contributed by atoms with Crippen LogP contribution < -0.4 is 14.2 Å². The van der Waals surface area contributed by atoms with Crippen molar-refractivity contribution >= 4 is 11.9 Å². The maximum absolute atomic E-state index is 12.6. The van der Waals surface area contributed by atoms with Crippen LogP contribution in [0.15, 0.2) is 42.2 Å². The van der Waals surface area contributed by atoms with Crippen molar-refractivity contribution in [2.75, 3.05) is 13.7 Å². The van der Waals surface area contributed by atoms with E-state index in [-0.39, 0.29) is 5.78 Å². The first-order valence-corrected chi connectivity index (χ1v) is 7.48. The molecule has 0 aromatic heterocycles. The Balaban J connectivity index is 1.93. The Morgan fingerprint density at radius 1 is 1.13 bits per heavy atom. The summed E-state index contributed by atoms with van der Waals surface area (Å²) in [6.07, 6.45) is 1.74. The molecule has 2 aromatic carbocycles. The predicted molar refractivity (Wildman–Crippen MR) is 88.3 cm³/mol. The van der Waals surface area contributed by atoms with Crippen molar-refractivity contribution in [3.63, 3.8) is 0 Å². The van der Waals surface area contributed by atoms with Crippen molar-refractivity contribution in [1.82, 2.24) is 0 Å². The smallest absolute Gasteiger partial charge is 0.232 e. The number of carbonyl (C=O) groups excluding carboxylic acids is 1. The number of ketones is 1. The molecule has 4 heteroatoms. The first kappa shape index (κ1) is 15.2. The maximum atomic E-state index is 12.6. The number of aryl methyl sites for hydroxylation is 1. The van der Waals surface area contributed by atoms with Crippen molar-refractivity contribution in [2.45, 2.75) is 13.8 Å². The second kappa shape index (κ2) is 6.16. The van der Waals surface area contributed by atoms with Crippen LogP contribution in [-0.2, 0) is 0 Å². The molecular formula is C19H18O4. The van der Waals surface area contributed by atoms with E-state index in [1.807, 2.05) is 44.2 Å². The van der Waals surface area contributed by atoms with E-state index in [0.29, 0.717) is 29.4 Å². The number of ether oxygens (including phenoxy) is 3. The summed E-state index contributed by atoms with van der Waals surface area (Å²) in [7, 11) is 1.62. The summed E-state index contributed by atoms with van der Waals surface area (Å²) >= 11 is 0.